The first-order chi connectivity index (χ1) is 11.8. The first-order valence-electron chi connectivity index (χ1n) is 4.96. The summed E-state index contributed by atoms with van der Waals surface area (Å²) in [5, 5.41) is 0. The Morgan fingerprint density at radius 1 is 0.370 bits per heavy atom. The van der Waals surface area contributed by atoms with Crippen LogP contribution in [-0.2, 0) is 13.1 Å². The minimum absolute atomic E-state index is 0.194. The van der Waals surface area contributed by atoms with E-state index in [1.165, 1.54) is 0 Å². The van der Waals surface area contributed by atoms with Crippen molar-refractivity contribution in [3.05, 3.63) is 0 Å². The van der Waals surface area contributed by atoms with E-state index in [0.717, 1.165) is 0 Å². The number of rotatable bonds is 0. The summed E-state index contributed by atoms with van der Waals surface area (Å²) < 4.78 is 0. The Morgan fingerprint density at radius 2 is 0.370 bits per heavy atom. The molecule has 0 rings (SSSR count). The number of hydrogen-bond acceptors (Lipinski definition) is 6. The molecule has 0 spiro atoms. The van der Waals surface area contributed by atoms with Gasteiger partial charge < -0.3 is 68.8 Å². The molecule has 0 atom stereocenters. The third kappa shape index (κ3) is 906. The van der Waals surface area contributed by atoms with Crippen molar-refractivity contribution in [3.63, 3.8) is 0 Å². The summed E-state index contributed by atoms with van der Waals surface area (Å²) in [6.07, 6.45) is 0. The molecule has 0 aromatic rings. The topological polar surface area (TPSA) is 415 Å². The molecule has 0 heterocycles. The Morgan fingerprint density at radius 3 is 0.370 bits per heavy atom. The van der Waals surface area contributed by atoms with E-state index in [9.17, 15) is 0 Å². The Kier molecular flexibility index (Phi) is 70.4. The Bertz CT molecular complexity index is 297. The molecule has 0 aliphatic carbocycles. The van der Waals surface area contributed by atoms with Gasteiger partial charge in [-0.25, -0.2) is 28.8 Å². The number of hydrogen-bond donors (Lipinski definition) is 12. The van der Waals surface area contributed by atoms with Crippen LogP contribution in [0.15, 0.2) is 0 Å². The van der Waals surface area contributed by atoms with Gasteiger partial charge in [-0.1, -0.05) is 0 Å². The first kappa shape index (κ1) is 43.8. The van der Waals surface area contributed by atoms with Gasteiger partial charge in [0.25, 0.3) is 0 Å². The number of carbonyl (C=O) groups excluding carboxylic acids is 6. The van der Waals surface area contributed by atoms with Crippen LogP contribution in [-0.4, -0.2) is 36.2 Å². The van der Waals surface area contributed by atoms with Crippen molar-refractivity contribution in [2.45, 2.75) is 0 Å². The summed E-state index contributed by atoms with van der Waals surface area (Å²) in [6, 6.07) is -5.00. The maximum atomic E-state index is 9.00. The van der Waals surface area contributed by atoms with E-state index < -0.39 is 36.2 Å². The summed E-state index contributed by atoms with van der Waals surface area (Å²) in [6.45, 7) is 0. The molecular weight excluding hydrogens is 463 g/mol. The van der Waals surface area contributed by atoms with E-state index in [0.29, 0.717) is 0 Å². The van der Waals surface area contributed by atoms with Crippen molar-refractivity contribution >= 4 is 56.4 Å². The molecule has 0 saturated heterocycles. The van der Waals surface area contributed by atoms with Gasteiger partial charge in [0.15, 0.2) is 0 Å². The molecule has 21 heteroatoms. The molecule has 0 aliphatic heterocycles. The van der Waals surface area contributed by atoms with E-state index in [1.54, 1.807) is 0 Å². The number of primary amides is 12. The van der Waals surface area contributed by atoms with Gasteiger partial charge >= 0.3 is 69.5 Å². The van der Waals surface area contributed by atoms with Crippen LogP contribution in [0, 0.1) is 0 Å². The van der Waals surface area contributed by atoms with Gasteiger partial charge in [-0.15, -0.1) is 0 Å². The monoisotopic (exact) mass is 486 g/mol. The zero-order chi connectivity index (χ0) is 24.2. The fourth-order valence-electron chi connectivity index (χ4n) is 0. The molecule has 0 aromatic heterocycles. The van der Waals surface area contributed by atoms with Crippen molar-refractivity contribution in [2.24, 2.45) is 68.8 Å². The average molecular weight is 487 g/mol. The standard InChI is InChI=1S/6CH4N2O.2ClH.Fe/c6*2-1(3)4;;;/h6*(H4,2,3,4);2*1H;/q;;;;;;;;+2/p-2. The van der Waals surface area contributed by atoms with E-state index >= 15 is 0 Å². The van der Waals surface area contributed by atoms with Gasteiger partial charge in [0.2, 0.25) is 0 Å². The zero-order valence-corrected chi connectivity index (χ0v) is 16.1. The predicted molar refractivity (Wildman–Crippen MR) is 94.3 cm³/mol. The molecule has 0 aliphatic rings. The summed E-state index contributed by atoms with van der Waals surface area (Å²) in [5.74, 6) is 0. The van der Waals surface area contributed by atoms with E-state index in [4.69, 9.17) is 49.0 Å². The number of urea groups is 6. The van der Waals surface area contributed by atoms with Crippen LogP contribution in [0.1, 0.15) is 0 Å². The predicted octanol–water partition coefficient (Wildman–Crippen LogP) is -4.48. The third-order valence-corrected chi connectivity index (χ3v) is 0. The second-order valence-electron chi connectivity index (χ2n) is 2.46. The molecule has 12 amide bonds. The average Bonchev–Trinajstić information content (AvgIpc) is 2.22. The number of amides is 12. The Labute approximate surface area is 167 Å². The molecule has 0 unspecified atom stereocenters. The maximum absolute atomic E-state index is 9.00. The zero-order valence-electron chi connectivity index (χ0n) is 13.5. The number of nitrogens with two attached hydrogens (primary N) is 12. The molecule has 0 saturated carbocycles. The van der Waals surface area contributed by atoms with Crippen LogP contribution < -0.4 is 68.8 Å². The second kappa shape index (κ2) is 43.4. The van der Waals surface area contributed by atoms with Crippen molar-refractivity contribution in [2.75, 3.05) is 0 Å². The molecule has 0 aromatic carbocycles. The van der Waals surface area contributed by atoms with Crippen LogP contribution in [0.5, 0.6) is 0 Å². The van der Waals surface area contributed by atoms with E-state index in [1.807, 2.05) is 0 Å². The van der Waals surface area contributed by atoms with Crippen molar-refractivity contribution < 1.29 is 41.9 Å². The van der Waals surface area contributed by atoms with Crippen LogP contribution in [0.25, 0.3) is 0 Å². The Hall–Kier alpha value is -3.28. The van der Waals surface area contributed by atoms with Gasteiger partial charge in [0.1, 0.15) is 0 Å². The summed E-state index contributed by atoms with van der Waals surface area (Å²) in [4.78, 5) is 54.0. The first-order valence-corrected chi connectivity index (χ1v) is 7.99. The van der Waals surface area contributed by atoms with Crippen LogP contribution >= 0.6 is 20.2 Å². The summed E-state index contributed by atoms with van der Waals surface area (Å²) in [7, 11) is 9.53. The van der Waals surface area contributed by atoms with Crippen molar-refractivity contribution in [1.82, 2.24) is 0 Å². The van der Waals surface area contributed by atoms with Gasteiger partial charge in [0.05, 0.1) is 0 Å². The molecule has 0 bridgehead atoms. The van der Waals surface area contributed by atoms with Gasteiger partial charge in [-0.3, -0.25) is 0 Å². The quantitative estimate of drug-likeness (QED) is 0.149. The van der Waals surface area contributed by atoms with Crippen molar-refractivity contribution in [1.29, 1.82) is 0 Å². The molecule has 166 valence electrons. The normalized spacial score (nSPS) is 6.15. The number of carbonyl (C=O) groups is 6. The Balaban J connectivity index is -0.0000000346. The van der Waals surface area contributed by atoms with Gasteiger partial charge in [-0.2, -0.15) is 0 Å². The van der Waals surface area contributed by atoms with E-state index in [-0.39, 0.29) is 13.1 Å². The molecule has 0 radical (unpaired) electrons. The summed E-state index contributed by atoms with van der Waals surface area (Å²) >= 11 is 0.194. The third-order valence-electron chi connectivity index (χ3n) is 0. The minimum atomic E-state index is -0.833. The van der Waals surface area contributed by atoms with Crippen LogP contribution in [0.2, 0.25) is 0 Å². The second-order valence-corrected chi connectivity index (χ2v) is 4.29. The number of halogens is 2. The molecular formula is C6H24Cl2FeN12O6. The van der Waals surface area contributed by atoms with Crippen molar-refractivity contribution in [3.8, 4) is 0 Å². The molecule has 0 fully saturated rings. The van der Waals surface area contributed by atoms with Gasteiger partial charge in [0, 0.05) is 0 Å². The molecule has 27 heavy (non-hydrogen) atoms. The fraction of sp³-hybridized carbons (Fsp3) is 0. The molecule has 24 N–H and O–H groups in total. The summed E-state index contributed by atoms with van der Waals surface area (Å²) in [5.41, 5.74) is 51.0. The molecule has 18 nitrogen and oxygen atoms in total. The van der Waals surface area contributed by atoms with Crippen LogP contribution in [0.4, 0.5) is 28.8 Å². The van der Waals surface area contributed by atoms with Crippen LogP contribution in [0.3, 0.4) is 0 Å². The fourth-order valence-corrected chi connectivity index (χ4v) is 0. The van der Waals surface area contributed by atoms with E-state index in [2.05, 4.69) is 68.8 Å². The SMILES string of the molecule is NC(N)=O.NC(N)=O.NC(N)=O.NC(N)=O.NC(N)=O.NC(N)=O.[Cl][Fe][Cl]. The van der Waals surface area contributed by atoms with Gasteiger partial charge in [-0.05, 0) is 0 Å².